The predicted octanol–water partition coefficient (Wildman–Crippen LogP) is 6.02. The van der Waals surface area contributed by atoms with Crippen LogP contribution in [0.1, 0.15) is 29.2 Å². The lowest BCUT2D eigenvalue weighted by molar-refractivity contribution is 1.44. The quantitative estimate of drug-likeness (QED) is 0.589. The van der Waals surface area contributed by atoms with Gasteiger partial charge >= 0.3 is 0 Å². The fraction of sp³-hybridized carbons (Fsp3) is 0.100. The molecule has 0 amide bonds. The van der Waals surface area contributed by atoms with Crippen molar-refractivity contribution in [2.75, 3.05) is 0 Å². The molecule has 0 aromatic heterocycles. The maximum absolute atomic E-state index is 3.98. The molecule has 0 spiro atoms. The van der Waals surface area contributed by atoms with Crippen LogP contribution in [0.25, 0.3) is 29.0 Å². The summed E-state index contributed by atoms with van der Waals surface area (Å²) < 4.78 is 0. The van der Waals surface area contributed by atoms with E-state index in [2.05, 4.69) is 62.6 Å². The van der Waals surface area contributed by atoms with E-state index >= 15 is 0 Å². The molecule has 2 aromatic rings. The first-order chi connectivity index (χ1) is 9.74. The topological polar surface area (TPSA) is 0 Å². The Labute approximate surface area is 121 Å². The highest BCUT2D eigenvalue weighted by Crippen LogP contribution is 2.33. The smallest absolute Gasteiger partial charge is 0.00993 e. The third kappa shape index (κ3) is 2.37. The number of hydrogen-bond acceptors (Lipinski definition) is 0. The molecule has 0 radical (unpaired) electrons. The van der Waals surface area contributed by atoms with Crippen molar-refractivity contribution in [1.82, 2.24) is 0 Å². The van der Waals surface area contributed by atoms with E-state index in [1.165, 1.54) is 33.0 Å². The molecule has 2 rings (SSSR count). The molecule has 0 N–H and O–H groups in total. The van der Waals surface area contributed by atoms with Crippen LogP contribution in [-0.2, 0) is 0 Å². The Bertz CT molecular complexity index is 712. The molecule has 0 bridgehead atoms. The van der Waals surface area contributed by atoms with Crippen molar-refractivity contribution >= 4 is 29.0 Å². The zero-order chi connectivity index (χ0) is 14.5. The van der Waals surface area contributed by atoms with Crippen LogP contribution >= 0.6 is 0 Å². The van der Waals surface area contributed by atoms with Crippen LogP contribution in [0.15, 0.2) is 55.7 Å². The third-order valence-electron chi connectivity index (χ3n) is 3.54. The van der Waals surface area contributed by atoms with Gasteiger partial charge in [0.1, 0.15) is 0 Å². The van der Waals surface area contributed by atoms with Crippen molar-refractivity contribution in [3.05, 3.63) is 77.9 Å². The van der Waals surface area contributed by atoms with Gasteiger partial charge in [0.25, 0.3) is 0 Å². The van der Waals surface area contributed by atoms with Gasteiger partial charge in [-0.05, 0) is 46.9 Å². The van der Waals surface area contributed by atoms with E-state index in [4.69, 9.17) is 0 Å². The van der Waals surface area contributed by atoms with Gasteiger partial charge in [0.2, 0.25) is 0 Å². The van der Waals surface area contributed by atoms with Crippen LogP contribution in [-0.4, -0.2) is 0 Å². The van der Waals surface area contributed by atoms with Crippen LogP contribution in [0.5, 0.6) is 0 Å². The minimum absolute atomic E-state index is 1.20. The summed E-state index contributed by atoms with van der Waals surface area (Å²) in [4.78, 5) is 0. The second-order valence-electron chi connectivity index (χ2n) is 4.71. The average Bonchev–Trinajstić information content (AvgIpc) is 2.47. The molecule has 0 fully saturated rings. The molecular formula is C20H20. The van der Waals surface area contributed by atoms with Crippen LogP contribution in [0.2, 0.25) is 0 Å². The standard InChI is InChI=1S/C20H20/c1-5-8-12-17-15(4)16(7-3)18(11-6-2)20-14-10-9-13-19(17)20/h5-14H,1,3H2,2,4H3/b11-6-,12-8-. The van der Waals surface area contributed by atoms with E-state index in [1.807, 2.05) is 25.2 Å². The van der Waals surface area contributed by atoms with Crippen LogP contribution < -0.4 is 0 Å². The highest BCUT2D eigenvalue weighted by molar-refractivity contribution is 6.00. The van der Waals surface area contributed by atoms with Gasteiger partial charge in [0.15, 0.2) is 0 Å². The van der Waals surface area contributed by atoms with Gasteiger partial charge in [-0.1, -0.05) is 73.9 Å². The highest BCUT2D eigenvalue weighted by atomic mass is 14.1. The monoisotopic (exact) mass is 260 g/mol. The van der Waals surface area contributed by atoms with E-state index in [-0.39, 0.29) is 0 Å². The Kier molecular flexibility index (Phi) is 4.37. The lowest BCUT2D eigenvalue weighted by Crippen LogP contribution is -1.94. The summed E-state index contributed by atoms with van der Waals surface area (Å²) in [5.41, 5.74) is 4.94. The molecule has 0 heteroatoms. The van der Waals surface area contributed by atoms with Gasteiger partial charge < -0.3 is 0 Å². The van der Waals surface area contributed by atoms with Crippen molar-refractivity contribution in [1.29, 1.82) is 0 Å². The molecule has 0 aliphatic heterocycles. The fourth-order valence-corrected chi connectivity index (χ4v) is 2.64. The van der Waals surface area contributed by atoms with E-state index in [9.17, 15) is 0 Å². The predicted molar refractivity (Wildman–Crippen MR) is 92.7 cm³/mol. The van der Waals surface area contributed by atoms with E-state index < -0.39 is 0 Å². The Morgan fingerprint density at radius 1 is 0.900 bits per heavy atom. The highest BCUT2D eigenvalue weighted by Gasteiger charge is 2.11. The summed E-state index contributed by atoms with van der Waals surface area (Å²) in [5.74, 6) is 0. The molecular weight excluding hydrogens is 240 g/mol. The lowest BCUT2D eigenvalue weighted by atomic mass is 9.89. The Morgan fingerprint density at radius 3 is 2.10 bits per heavy atom. The summed E-state index contributed by atoms with van der Waals surface area (Å²) >= 11 is 0. The number of benzene rings is 2. The van der Waals surface area contributed by atoms with Crippen LogP contribution in [0.3, 0.4) is 0 Å². The second kappa shape index (κ2) is 6.21. The molecule has 2 aromatic carbocycles. The minimum atomic E-state index is 1.20. The van der Waals surface area contributed by atoms with Crippen molar-refractivity contribution in [3.8, 4) is 0 Å². The molecule has 100 valence electrons. The van der Waals surface area contributed by atoms with E-state index in [0.29, 0.717) is 0 Å². The van der Waals surface area contributed by atoms with E-state index in [0.717, 1.165) is 0 Å². The SMILES string of the molecule is C=C/C=C\c1c(C)c(C=C)c(/C=C\C)c2ccccc12. The van der Waals surface area contributed by atoms with Gasteiger partial charge in [-0.25, -0.2) is 0 Å². The van der Waals surface area contributed by atoms with Crippen molar-refractivity contribution < 1.29 is 0 Å². The van der Waals surface area contributed by atoms with Crippen molar-refractivity contribution in [2.45, 2.75) is 13.8 Å². The summed E-state index contributed by atoms with van der Waals surface area (Å²) in [6, 6.07) is 8.51. The van der Waals surface area contributed by atoms with Gasteiger partial charge in [0, 0.05) is 0 Å². The number of allylic oxidation sites excluding steroid dienone is 3. The molecule has 0 aliphatic rings. The Balaban J connectivity index is 2.97. The average molecular weight is 260 g/mol. The zero-order valence-corrected chi connectivity index (χ0v) is 12.2. The lowest BCUT2D eigenvalue weighted by Gasteiger charge is -2.15. The van der Waals surface area contributed by atoms with E-state index in [1.54, 1.807) is 0 Å². The Hall–Kier alpha value is -2.34. The third-order valence-corrected chi connectivity index (χ3v) is 3.54. The first-order valence-corrected chi connectivity index (χ1v) is 6.84. The zero-order valence-electron chi connectivity index (χ0n) is 12.2. The Morgan fingerprint density at radius 2 is 1.55 bits per heavy atom. The summed E-state index contributed by atoms with van der Waals surface area (Å²) in [7, 11) is 0. The molecule has 20 heavy (non-hydrogen) atoms. The molecule has 0 aliphatic carbocycles. The largest absolute Gasteiger partial charge is 0.0991 e. The maximum atomic E-state index is 3.98. The number of fused-ring (bicyclic) bond motifs is 1. The second-order valence-corrected chi connectivity index (χ2v) is 4.71. The summed E-state index contributed by atoms with van der Waals surface area (Å²) in [5, 5.41) is 2.52. The first-order valence-electron chi connectivity index (χ1n) is 6.84. The molecule has 0 unspecified atom stereocenters. The molecule has 0 nitrogen and oxygen atoms in total. The van der Waals surface area contributed by atoms with Crippen LogP contribution in [0.4, 0.5) is 0 Å². The van der Waals surface area contributed by atoms with Crippen molar-refractivity contribution in [2.24, 2.45) is 0 Å². The number of hydrogen-bond donors (Lipinski definition) is 0. The normalized spacial score (nSPS) is 11.5. The fourth-order valence-electron chi connectivity index (χ4n) is 2.64. The van der Waals surface area contributed by atoms with Crippen molar-refractivity contribution in [3.63, 3.8) is 0 Å². The number of rotatable bonds is 4. The summed E-state index contributed by atoms with van der Waals surface area (Å²) in [6.45, 7) is 11.9. The van der Waals surface area contributed by atoms with Gasteiger partial charge in [-0.3, -0.25) is 0 Å². The molecule has 0 saturated carbocycles. The van der Waals surface area contributed by atoms with Gasteiger partial charge in [0.05, 0.1) is 0 Å². The van der Waals surface area contributed by atoms with Gasteiger partial charge in [-0.15, -0.1) is 0 Å². The van der Waals surface area contributed by atoms with Gasteiger partial charge in [-0.2, -0.15) is 0 Å². The molecule has 0 atom stereocenters. The minimum Gasteiger partial charge on any atom is -0.0991 e. The molecule has 0 saturated heterocycles. The molecule has 0 heterocycles. The first kappa shape index (κ1) is 14.1. The summed E-state index contributed by atoms with van der Waals surface area (Å²) in [6.07, 6.45) is 12.1. The van der Waals surface area contributed by atoms with Crippen LogP contribution in [0, 0.1) is 6.92 Å². The maximum Gasteiger partial charge on any atom is -0.00993 e.